The van der Waals surface area contributed by atoms with Gasteiger partial charge in [-0.15, -0.1) is 0 Å². The molecular formula is C19H15N5O3. The van der Waals surface area contributed by atoms with Crippen LogP contribution in [-0.2, 0) is 7.05 Å². The molecule has 0 fully saturated rings. The summed E-state index contributed by atoms with van der Waals surface area (Å²) >= 11 is 0. The third-order valence-corrected chi connectivity index (χ3v) is 4.49. The van der Waals surface area contributed by atoms with Gasteiger partial charge in [0.25, 0.3) is 5.56 Å². The van der Waals surface area contributed by atoms with Gasteiger partial charge in [-0.05, 0) is 31.2 Å². The predicted molar refractivity (Wildman–Crippen MR) is 98.2 cm³/mol. The van der Waals surface area contributed by atoms with E-state index in [1.54, 1.807) is 17.8 Å². The maximum absolute atomic E-state index is 12.2. The fourth-order valence-electron chi connectivity index (χ4n) is 3.15. The van der Waals surface area contributed by atoms with Gasteiger partial charge in [0, 0.05) is 18.7 Å². The monoisotopic (exact) mass is 361 g/mol. The van der Waals surface area contributed by atoms with E-state index in [-0.39, 0.29) is 12.4 Å². The van der Waals surface area contributed by atoms with Gasteiger partial charge in [0.1, 0.15) is 5.82 Å². The highest BCUT2D eigenvalue weighted by Crippen LogP contribution is 2.34. The number of hydrogen-bond acceptors (Lipinski definition) is 6. The van der Waals surface area contributed by atoms with Gasteiger partial charge in [-0.1, -0.05) is 6.07 Å². The molecule has 2 aromatic heterocycles. The Hall–Kier alpha value is -3.68. The number of ether oxygens (including phenoxy) is 2. The molecule has 0 spiro atoms. The second kappa shape index (κ2) is 5.66. The lowest BCUT2D eigenvalue weighted by molar-refractivity contribution is 0.174. The molecule has 134 valence electrons. The van der Waals surface area contributed by atoms with Crippen LogP contribution in [0.3, 0.4) is 0 Å². The van der Waals surface area contributed by atoms with Crippen molar-refractivity contribution in [2.75, 3.05) is 6.79 Å². The largest absolute Gasteiger partial charge is 0.454 e. The van der Waals surface area contributed by atoms with E-state index >= 15 is 0 Å². The topological polar surface area (TPSA) is 84.1 Å². The summed E-state index contributed by atoms with van der Waals surface area (Å²) < 4.78 is 14.0. The van der Waals surface area contributed by atoms with E-state index in [1.165, 1.54) is 10.9 Å². The van der Waals surface area contributed by atoms with Crippen LogP contribution in [0, 0.1) is 6.92 Å². The number of aryl methyl sites for hydroxylation is 2. The van der Waals surface area contributed by atoms with Crippen molar-refractivity contribution >= 4 is 10.9 Å². The first kappa shape index (κ1) is 15.6. The molecule has 0 unspecified atom stereocenters. The zero-order valence-corrected chi connectivity index (χ0v) is 14.7. The Kier molecular flexibility index (Phi) is 3.27. The van der Waals surface area contributed by atoms with Gasteiger partial charge in [0.15, 0.2) is 17.3 Å². The van der Waals surface area contributed by atoms with Crippen LogP contribution in [0.1, 0.15) is 5.82 Å². The summed E-state index contributed by atoms with van der Waals surface area (Å²) in [6.07, 6.45) is 1.52. The minimum absolute atomic E-state index is 0.0834. The van der Waals surface area contributed by atoms with Gasteiger partial charge in [-0.3, -0.25) is 4.79 Å². The van der Waals surface area contributed by atoms with Crippen LogP contribution in [0.25, 0.3) is 28.0 Å². The minimum atomic E-state index is -0.0834. The fourth-order valence-corrected chi connectivity index (χ4v) is 3.15. The number of benzene rings is 2. The highest BCUT2D eigenvalue weighted by Gasteiger charge is 2.18. The van der Waals surface area contributed by atoms with Crippen molar-refractivity contribution in [1.29, 1.82) is 0 Å². The molecule has 0 aliphatic carbocycles. The third-order valence-electron chi connectivity index (χ3n) is 4.49. The molecule has 5 rings (SSSR count). The molecule has 0 N–H and O–H groups in total. The predicted octanol–water partition coefficient (Wildman–Crippen LogP) is 2.22. The number of rotatable bonds is 2. The first-order valence-electron chi connectivity index (χ1n) is 8.39. The Morgan fingerprint density at radius 3 is 2.81 bits per heavy atom. The van der Waals surface area contributed by atoms with E-state index in [9.17, 15) is 4.79 Å². The first-order valence-corrected chi connectivity index (χ1v) is 8.39. The zero-order chi connectivity index (χ0) is 18.5. The van der Waals surface area contributed by atoms with Gasteiger partial charge in [-0.2, -0.15) is 5.10 Å². The number of nitrogens with zero attached hydrogens (tertiary/aromatic N) is 5. The van der Waals surface area contributed by atoms with Crippen molar-refractivity contribution in [2.45, 2.75) is 6.92 Å². The Bertz CT molecular complexity index is 1260. The van der Waals surface area contributed by atoms with E-state index in [1.807, 2.05) is 37.3 Å². The van der Waals surface area contributed by atoms with Crippen molar-refractivity contribution < 1.29 is 9.47 Å². The smallest absolute Gasteiger partial charge is 0.260 e. The van der Waals surface area contributed by atoms with Crippen molar-refractivity contribution in [3.8, 4) is 28.6 Å². The average Bonchev–Trinajstić information content (AvgIpc) is 3.30. The summed E-state index contributed by atoms with van der Waals surface area (Å²) in [6.45, 7) is 2.05. The molecule has 0 amide bonds. The molecule has 1 aliphatic rings. The highest BCUT2D eigenvalue weighted by atomic mass is 16.7. The normalized spacial score (nSPS) is 12.7. The van der Waals surface area contributed by atoms with Crippen LogP contribution >= 0.6 is 0 Å². The summed E-state index contributed by atoms with van der Waals surface area (Å²) in [5.74, 6) is 2.69. The quantitative estimate of drug-likeness (QED) is 0.544. The number of fused-ring (bicyclic) bond motifs is 2. The Morgan fingerprint density at radius 2 is 1.93 bits per heavy atom. The number of aromatic nitrogens is 5. The molecule has 0 saturated heterocycles. The Labute approximate surface area is 153 Å². The summed E-state index contributed by atoms with van der Waals surface area (Å²) in [5.41, 5.74) is 2.17. The molecule has 1 aliphatic heterocycles. The Morgan fingerprint density at radius 1 is 1.07 bits per heavy atom. The molecule has 27 heavy (non-hydrogen) atoms. The molecule has 3 heterocycles. The van der Waals surface area contributed by atoms with E-state index in [0.29, 0.717) is 34.1 Å². The van der Waals surface area contributed by atoms with Crippen LogP contribution < -0.4 is 15.0 Å². The Balaban J connectivity index is 1.67. The van der Waals surface area contributed by atoms with Crippen LogP contribution in [0.4, 0.5) is 0 Å². The standard InChI is InChI=1S/C19H15N5O3/c1-11-21-18(12-3-5-14-15(7-12)20-9-23(2)19(14)25)24(22-11)13-4-6-16-17(8-13)27-10-26-16/h3-9H,10H2,1-2H3. The lowest BCUT2D eigenvalue weighted by Crippen LogP contribution is -2.16. The zero-order valence-electron chi connectivity index (χ0n) is 14.7. The lowest BCUT2D eigenvalue weighted by atomic mass is 10.1. The summed E-state index contributed by atoms with van der Waals surface area (Å²) in [6, 6.07) is 11.1. The van der Waals surface area contributed by atoms with E-state index in [4.69, 9.17) is 9.47 Å². The van der Waals surface area contributed by atoms with Crippen LogP contribution in [0.15, 0.2) is 47.5 Å². The van der Waals surface area contributed by atoms with Crippen molar-refractivity contribution in [2.24, 2.45) is 7.05 Å². The second-order valence-electron chi connectivity index (χ2n) is 6.32. The average molecular weight is 361 g/mol. The highest BCUT2D eigenvalue weighted by molar-refractivity contribution is 5.82. The van der Waals surface area contributed by atoms with Crippen LogP contribution in [0.2, 0.25) is 0 Å². The van der Waals surface area contributed by atoms with E-state index in [2.05, 4.69) is 15.1 Å². The van der Waals surface area contributed by atoms with Crippen LogP contribution in [0.5, 0.6) is 11.5 Å². The van der Waals surface area contributed by atoms with Gasteiger partial charge in [0.2, 0.25) is 6.79 Å². The molecule has 0 atom stereocenters. The lowest BCUT2D eigenvalue weighted by Gasteiger charge is -2.08. The molecule has 2 aromatic carbocycles. The molecule has 0 bridgehead atoms. The van der Waals surface area contributed by atoms with Gasteiger partial charge < -0.3 is 14.0 Å². The minimum Gasteiger partial charge on any atom is -0.454 e. The molecule has 8 heteroatoms. The maximum atomic E-state index is 12.2. The molecule has 0 radical (unpaired) electrons. The molecule has 4 aromatic rings. The van der Waals surface area contributed by atoms with E-state index in [0.717, 1.165) is 11.3 Å². The van der Waals surface area contributed by atoms with Gasteiger partial charge >= 0.3 is 0 Å². The van der Waals surface area contributed by atoms with Crippen LogP contribution in [-0.4, -0.2) is 31.1 Å². The van der Waals surface area contributed by atoms with Crippen molar-refractivity contribution in [3.63, 3.8) is 0 Å². The SMILES string of the molecule is Cc1nc(-c2ccc3c(=O)n(C)cnc3c2)n(-c2ccc3c(c2)OCO3)n1. The third kappa shape index (κ3) is 2.45. The molecule has 8 nitrogen and oxygen atoms in total. The summed E-state index contributed by atoms with van der Waals surface area (Å²) in [7, 11) is 1.68. The van der Waals surface area contributed by atoms with E-state index < -0.39 is 0 Å². The van der Waals surface area contributed by atoms with Crippen molar-refractivity contribution in [1.82, 2.24) is 24.3 Å². The number of hydrogen-bond donors (Lipinski definition) is 0. The maximum Gasteiger partial charge on any atom is 0.260 e. The summed E-state index contributed by atoms with van der Waals surface area (Å²) in [5, 5.41) is 5.08. The molecule has 0 saturated carbocycles. The fraction of sp³-hybridized carbons (Fsp3) is 0.158. The van der Waals surface area contributed by atoms with Gasteiger partial charge in [-0.25, -0.2) is 14.6 Å². The first-order chi connectivity index (χ1) is 13.1. The summed E-state index contributed by atoms with van der Waals surface area (Å²) in [4.78, 5) is 21.2. The molecular weight excluding hydrogens is 346 g/mol. The second-order valence-corrected chi connectivity index (χ2v) is 6.32. The van der Waals surface area contributed by atoms with Gasteiger partial charge in [0.05, 0.1) is 22.9 Å². The van der Waals surface area contributed by atoms with Crippen molar-refractivity contribution in [3.05, 3.63) is 58.9 Å².